The summed E-state index contributed by atoms with van der Waals surface area (Å²) < 4.78 is 92.4. The van der Waals surface area contributed by atoms with Gasteiger partial charge in [-0.3, -0.25) is 4.79 Å². The molecule has 0 atom stereocenters. The predicted octanol–water partition coefficient (Wildman–Crippen LogP) is 5.83. The van der Waals surface area contributed by atoms with E-state index in [2.05, 4.69) is 5.32 Å². The Hall–Kier alpha value is -5.13. The van der Waals surface area contributed by atoms with E-state index in [1.165, 1.54) is 0 Å². The highest BCUT2D eigenvalue weighted by atomic mass is 16.7. The van der Waals surface area contributed by atoms with Gasteiger partial charge in [0.15, 0.2) is 17.3 Å². The lowest BCUT2D eigenvalue weighted by molar-refractivity contribution is -0.273. The number of ether oxygens (including phenoxy) is 16. The number of hydrogen-bond donors (Lipinski definition) is 2. The van der Waals surface area contributed by atoms with Crippen LogP contribution in [0.25, 0.3) is 0 Å². The highest BCUT2D eigenvalue weighted by Gasteiger charge is 2.41. The molecule has 1 aliphatic heterocycles. The van der Waals surface area contributed by atoms with E-state index in [4.69, 9.17) is 75.8 Å². The Morgan fingerprint density at radius 1 is 0.486 bits per heavy atom. The van der Waals surface area contributed by atoms with Crippen molar-refractivity contribution in [1.29, 1.82) is 0 Å². The second-order valence-electron chi connectivity index (χ2n) is 17.2. The summed E-state index contributed by atoms with van der Waals surface area (Å²) in [4.78, 5) is 14.0. The number of rotatable bonds is 41. The van der Waals surface area contributed by atoms with Gasteiger partial charge in [0.05, 0.1) is 153 Å². The second kappa shape index (κ2) is 35.2. The van der Waals surface area contributed by atoms with Gasteiger partial charge in [-0.15, -0.1) is 0 Å². The molecule has 5 rings (SSSR count). The van der Waals surface area contributed by atoms with Gasteiger partial charge < -0.3 is 86.2 Å². The van der Waals surface area contributed by atoms with Crippen molar-refractivity contribution in [3.8, 4) is 28.7 Å². The van der Waals surface area contributed by atoms with Gasteiger partial charge in [-0.2, -0.15) is 0 Å². The fourth-order valence-electron chi connectivity index (χ4n) is 6.82. The highest BCUT2D eigenvalue weighted by molar-refractivity contribution is 5.96. The van der Waals surface area contributed by atoms with Crippen LogP contribution < -0.4 is 29.0 Å². The molecule has 19 nitrogen and oxygen atoms in total. The number of carbonyl (C=O) groups is 1. The van der Waals surface area contributed by atoms with Crippen LogP contribution in [0.15, 0.2) is 91.0 Å². The van der Waals surface area contributed by atoms with E-state index in [0.29, 0.717) is 99.1 Å². The summed E-state index contributed by atoms with van der Waals surface area (Å²) >= 11 is 0. The molecular formula is C55H77NO18. The summed E-state index contributed by atoms with van der Waals surface area (Å²) in [5, 5.41) is 13.3. The number of nitrogens with one attached hydrogen (secondary N) is 1. The van der Waals surface area contributed by atoms with E-state index in [-0.39, 0.29) is 75.7 Å². The van der Waals surface area contributed by atoms with E-state index in [1.807, 2.05) is 78.9 Å². The lowest BCUT2D eigenvalue weighted by Gasteiger charge is -2.42. The molecule has 1 fully saturated rings. The van der Waals surface area contributed by atoms with E-state index < -0.39 is 23.8 Å². The molecule has 0 bridgehead atoms. The molecule has 1 aliphatic rings. The van der Waals surface area contributed by atoms with Gasteiger partial charge in [0.25, 0.3) is 5.91 Å². The lowest BCUT2D eigenvalue weighted by Crippen LogP contribution is -2.63. The molecule has 4 aromatic carbocycles. The molecule has 2 N–H and O–H groups in total. The molecule has 0 unspecified atom stereocenters. The van der Waals surface area contributed by atoms with E-state index in [1.54, 1.807) is 40.2 Å². The summed E-state index contributed by atoms with van der Waals surface area (Å²) in [7, 11) is 3.26. The molecule has 0 aromatic heterocycles. The number of carbonyl (C=O) groups excluding carboxylic acids is 1. The minimum Gasteiger partial charge on any atom is -0.497 e. The van der Waals surface area contributed by atoms with Gasteiger partial charge >= 0.3 is 0 Å². The first kappa shape index (κ1) is 59.7. The molecule has 19 heteroatoms. The van der Waals surface area contributed by atoms with Gasteiger partial charge in [-0.25, -0.2) is 0 Å². The lowest BCUT2D eigenvalue weighted by atomic mass is 10.0. The summed E-state index contributed by atoms with van der Waals surface area (Å²) in [6.45, 7) is 10.2. The van der Waals surface area contributed by atoms with Crippen LogP contribution >= 0.6 is 0 Å². The van der Waals surface area contributed by atoms with E-state index in [0.717, 1.165) is 28.2 Å². The first-order chi connectivity index (χ1) is 36.2. The minimum atomic E-state index is -1.20. The van der Waals surface area contributed by atoms with Crippen LogP contribution in [-0.4, -0.2) is 175 Å². The zero-order chi connectivity index (χ0) is 52.4. The largest absolute Gasteiger partial charge is 0.497 e. The Labute approximate surface area is 435 Å². The maximum Gasteiger partial charge on any atom is 0.252 e. The van der Waals surface area contributed by atoms with E-state index in [9.17, 15) is 9.90 Å². The van der Waals surface area contributed by atoms with Gasteiger partial charge in [-0.1, -0.05) is 54.6 Å². The monoisotopic (exact) mass is 1040 g/mol. The zero-order valence-corrected chi connectivity index (χ0v) is 43.5. The molecule has 0 saturated carbocycles. The average Bonchev–Trinajstić information content (AvgIpc) is 3.42. The van der Waals surface area contributed by atoms with Gasteiger partial charge in [-0.05, 0) is 66.9 Å². The highest BCUT2D eigenvalue weighted by Crippen LogP contribution is 2.39. The Morgan fingerprint density at radius 3 is 1.22 bits per heavy atom. The summed E-state index contributed by atoms with van der Waals surface area (Å²) in [5.74, 6) is 0.875. The minimum absolute atomic E-state index is 0.0266. The fourth-order valence-corrected chi connectivity index (χ4v) is 6.82. The van der Waals surface area contributed by atoms with Crippen LogP contribution in [0.2, 0.25) is 0 Å². The van der Waals surface area contributed by atoms with Crippen LogP contribution in [0, 0.1) is 0 Å². The van der Waals surface area contributed by atoms with Gasteiger partial charge in [0, 0.05) is 5.56 Å². The maximum absolute atomic E-state index is 14.0. The van der Waals surface area contributed by atoms with E-state index >= 15 is 0 Å². The number of aliphatic hydroxyl groups is 1. The van der Waals surface area contributed by atoms with Crippen molar-refractivity contribution in [1.82, 2.24) is 5.32 Å². The third-order valence-corrected chi connectivity index (χ3v) is 11.0. The molecule has 1 heterocycles. The molecular weight excluding hydrogens is 963 g/mol. The Kier molecular flexibility index (Phi) is 28.4. The van der Waals surface area contributed by atoms with Crippen molar-refractivity contribution >= 4 is 5.91 Å². The Bertz CT molecular complexity index is 1990. The third-order valence-electron chi connectivity index (χ3n) is 11.0. The summed E-state index contributed by atoms with van der Waals surface area (Å²) in [6.07, 6.45) is 0. The first-order valence-electron chi connectivity index (χ1n) is 25.0. The van der Waals surface area contributed by atoms with Crippen LogP contribution in [-0.2, 0) is 71.9 Å². The first-order valence-corrected chi connectivity index (χ1v) is 25.0. The molecule has 1 saturated heterocycles. The fraction of sp³-hybridized carbons (Fsp3) is 0.545. The maximum atomic E-state index is 14.0. The van der Waals surface area contributed by atoms with Crippen molar-refractivity contribution in [3.63, 3.8) is 0 Å². The molecule has 0 aliphatic carbocycles. The summed E-state index contributed by atoms with van der Waals surface area (Å²) in [5.41, 5.74) is 2.15. The molecule has 4 aromatic rings. The van der Waals surface area contributed by atoms with Crippen molar-refractivity contribution in [3.05, 3.63) is 113 Å². The second-order valence-corrected chi connectivity index (χ2v) is 17.2. The number of hydrogen-bond acceptors (Lipinski definition) is 18. The Balaban J connectivity index is 1.12. The number of aliphatic hydroxyl groups excluding tert-OH is 1. The molecule has 0 spiro atoms. The molecule has 74 heavy (non-hydrogen) atoms. The molecule has 410 valence electrons. The van der Waals surface area contributed by atoms with Gasteiger partial charge in [0.2, 0.25) is 5.75 Å². The SMILES string of the molecule is COc1ccc(COCCOCCOCCOc2cc(C(=O)NC3(CO)COC(C)(C)OC3)cc(OCCOCCOCCOCc3ccc(OC)cc3)c2OCCOCCOCCOCc2ccccc2)cc1. The zero-order valence-electron chi connectivity index (χ0n) is 43.5. The third kappa shape index (κ3) is 23.6. The standard InChI is InChI=1S/C55H77NO18/c1-54(2)73-42-55(41-57,43-74-54)56-53(58)47-36-50(70-33-30-64-21-18-61-25-28-68-39-45-10-14-48(59-3)15-11-45)52(72-35-32-66-23-20-63-24-27-67-38-44-8-6-5-7-9-44)51(37-47)71-34-31-65-22-19-62-26-29-69-40-46-12-16-49(60-4)17-13-46/h5-17,36-37,57H,18-35,38-43H2,1-4H3,(H,56,58). The summed E-state index contributed by atoms with van der Waals surface area (Å²) in [6, 6.07) is 28.5. The number of methoxy groups -OCH3 is 2. The number of benzene rings is 4. The van der Waals surface area contributed by atoms with Gasteiger partial charge in [0.1, 0.15) is 36.9 Å². The van der Waals surface area contributed by atoms with Crippen molar-refractivity contribution in [2.45, 2.75) is 45.0 Å². The molecule has 0 radical (unpaired) electrons. The van der Waals surface area contributed by atoms with Crippen LogP contribution in [0.1, 0.15) is 40.9 Å². The number of amides is 1. The topological polar surface area (TPSA) is 197 Å². The van der Waals surface area contributed by atoms with Crippen LogP contribution in [0.4, 0.5) is 0 Å². The van der Waals surface area contributed by atoms with Crippen molar-refractivity contribution < 1.29 is 85.7 Å². The van der Waals surface area contributed by atoms with Crippen molar-refractivity contribution in [2.24, 2.45) is 0 Å². The molecule has 1 amide bonds. The smallest absolute Gasteiger partial charge is 0.252 e. The quantitative estimate of drug-likeness (QED) is 0.0503. The predicted molar refractivity (Wildman–Crippen MR) is 273 cm³/mol. The normalized spacial score (nSPS) is 13.9. The van der Waals surface area contributed by atoms with Crippen molar-refractivity contribution in [2.75, 3.05) is 153 Å². The average molecular weight is 1040 g/mol. The van der Waals surface area contributed by atoms with Crippen LogP contribution in [0.3, 0.4) is 0 Å². The van der Waals surface area contributed by atoms with Crippen LogP contribution in [0.5, 0.6) is 28.7 Å². The Morgan fingerprint density at radius 2 is 0.838 bits per heavy atom.